The van der Waals surface area contributed by atoms with E-state index in [4.69, 9.17) is 9.47 Å². The molecule has 0 N–H and O–H groups in total. The highest BCUT2D eigenvalue weighted by Crippen LogP contribution is 2.28. The third-order valence-corrected chi connectivity index (χ3v) is 5.40. The van der Waals surface area contributed by atoms with Crippen molar-refractivity contribution in [2.45, 2.75) is 64.5 Å². The minimum atomic E-state index is -4.54. The summed E-state index contributed by atoms with van der Waals surface area (Å²) in [4.78, 5) is 8.49. The largest absolute Gasteiger partial charge is 0.494 e. The van der Waals surface area contributed by atoms with Gasteiger partial charge in [-0.2, -0.15) is 23.3 Å². The second-order valence-corrected chi connectivity index (χ2v) is 8.09. The van der Waals surface area contributed by atoms with Crippen molar-refractivity contribution in [2.75, 3.05) is 13.7 Å². The molecule has 0 aliphatic carbocycles. The first-order chi connectivity index (χ1) is 16.4. The van der Waals surface area contributed by atoms with Crippen LogP contribution in [0.3, 0.4) is 0 Å². The average molecular weight is 477 g/mol. The number of rotatable bonds is 13. The Labute approximate surface area is 198 Å². The monoisotopic (exact) mass is 476 g/mol. The van der Waals surface area contributed by atoms with Crippen LogP contribution in [0, 0.1) is 0 Å². The lowest BCUT2D eigenvalue weighted by molar-refractivity contribution is -0.141. The molecule has 0 aliphatic rings. The van der Waals surface area contributed by atoms with Crippen LogP contribution in [0.25, 0.3) is 17.2 Å². The van der Waals surface area contributed by atoms with Crippen LogP contribution in [0.5, 0.6) is 11.6 Å². The van der Waals surface area contributed by atoms with Gasteiger partial charge in [-0.25, -0.2) is 9.67 Å². The normalized spacial score (nSPS) is 11.6. The standard InChI is InChI=1S/C25H31F3N4O2/c1-3-4-5-6-7-8-9-10-17-34-20-13-11-19(12-14-20)21-18-23(33-2)30-24(29-21)32-16-15-22(31-32)25(26,27)28/h11-16,18H,3-10,17H2,1-2H3. The van der Waals surface area contributed by atoms with Crippen molar-refractivity contribution in [1.29, 1.82) is 0 Å². The molecule has 6 nitrogen and oxygen atoms in total. The number of unbranched alkanes of at least 4 members (excludes halogenated alkanes) is 7. The summed E-state index contributed by atoms with van der Waals surface area (Å²) >= 11 is 0. The average Bonchev–Trinajstić information content (AvgIpc) is 3.34. The highest BCUT2D eigenvalue weighted by Gasteiger charge is 2.33. The third-order valence-electron chi connectivity index (χ3n) is 5.40. The molecule has 2 aromatic heterocycles. The zero-order valence-corrected chi connectivity index (χ0v) is 19.6. The molecule has 184 valence electrons. The summed E-state index contributed by atoms with van der Waals surface area (Å²) in [5.41, 5.74) is 0.239. The van der Waals surface area contributed by atoms with Gasteiger partial charge in [-0.05, 0) is 36.8 Å². The molecule has 0 amide bonds. The maximum absolute atomic E-state index is 12.9. The first-order valence-electron chi connectivity index (χ1n) is 11.7. The van der Waals surface area contributed by atoms with E-state index in [0.717, 1.165) is 34.9 Å². The van der Waals surface area contributed by atoms with Crippen LogP contribution in [0.1, 0.15) is 64.0 Å². The van der Waals surface area contributed by atoms with Crippen molar-refractivity contribution >= 4 is 0 Å². The molecular weight excluding hydrogens is 445 g/mol. The van der Waals surface area contributed by atoms with E-state index < -0.39 is 11.9 Å². The van der Waals surface area contributed by atoms with Gasteiger partial charge in [0.25, 0.3) is 5.95 Å². The summed E-state index contributed by atoms with van der Waals surface area (Å²) in [6.07, 6.45) is 6.57. The summed E-state index contributed by atoms with van der Waals surface area (Å²) in [5.74, 6) is 0.966. The molecule has 0 fully saturated rings. The number of methoxy groups -OCH3 is 1. The van der Waals surface area contributed by atoms with Gasteiger partial charge in [0.15, 0.2) is 5.69 Å². The topological polar surface area (TPSA) is 62.1 Å². The molecule has 1 aromatic carbocycles. The van der Waals surface area contributed by atoms with E-state index in [9.17, 15) is 13.2 Å². The SMILES string of the molecule is CCCCCCCCCCOc1ccc(-c2cc(OC)nc(-n3ccc(C(F)(F)F)n3)n2)cc1. The molecule has 9 heteroatoms. The van der Waals surface area contributed by atoms with Crippen LogP contribution in [-0.2, 0) is 6.18 Å². The van der Waals surface area contributed by atoms with E-state index in [0.29, 0.717) is 12.3 Å². The lowest BCUT2D eigenvalue weighted by Gasteiger charge is -2.09. The number of alkyl halides is 3. The lowest BCUT2D eigenvalue weighted by atomic mass is 10.1. The second-order valence-electron chi connectivity index (χ2n) is 8.09. The predicted octanol–water partition coefficient (Wildman–Crippen LogP) is 6.88. The predicted molar refractivity (Wildman–Crippen MR) is 124 cm³/mol. The highest BCUT2D eigenvalue weighted by molar-refractivity contribution is 5.61. The maximum Gasteiger partial charge on any atom is 0.435 e. The number of benzene rings is 1. The Hall–Kier alpha value is -3.10. The van der Waals surface area contributed by atoms with Gasteiger partial charge in [-0.15, -0.1) is 0 Å². The van der Waals surface area contributed by atoms with Crippen LogP contribution in [-0.4, -0.2) is 33.5 Å². The van der Waals surface area contributed by atoms with Gasteiger partial charge in [0.2, 0.25) is 5.88 Å². The van der Waals surface area contributed by atoms with Crippen LogP contribution in [0.15, 0.2) is 42.6 Å². The molecule has 0 bridgehead atoms. The van der Waals surface area contributed by atoms with Crippen molar-refractivity contribution in [3.63, 3.8) is 0 Å². The van der Waals surface area contributed by atoms with Crippen LogP contribution in [0.4, 0.5) is 13.2 Å². The van der Waals surface area contributed by atoms with Crippen LogP contribution >= 0.6 is 0 Å². The lowest BCUT2D eigenvalue weighted by Crippen LogP contribution is -2.09. The summed E-state index contributed by atoms with van der Waals surface area (Å²) in [6, 6.07) is 9.89. The van der Waals surface area contributed by atoms with Crippen molar-refractivity contribution < 1.29 is 22.6 Å². The summed E-state index contributed by atoms with van der Waals surface area (Å²) in [6.45, 7) is 2.89. The second kappa shape index (κ2) is 12.4. The minimum absolute atomic E-state index is 0.0140. The van der Waals surface area contributed by atoms with Crippen molar-refractivity contribution in [2.24, 2.45) is 0 Å². The smallest absolute Gasteiger partial charge is 0.435 e. The molecule has 0 atom stereocenters. The van der Waals surface area contributed by atoms with Gasteiger partial charge in [0.05, 0.1) is 19.4 Å². The first-order valence-corrected chi connectivity index (χ1v) is 11.7. The number of hydrogen-bond acceptors (Lipinski definition) is 5. The Balaban J connectivity index is 1.58. The van der Waals surface area contributed by atoms with Gasteiger partial charge >= 0.3 is 6.18 Å². The molecule has 0 aliphatic heterocycles. The third kappa shape index (κ3) is 7.46. The number of nitrogens with zero attached hydrogens (tertiary/aromatic N) is 4. The van der Waals surface area contributed by atoms with Crippen molar-refractivity contribution in [1.82, 2.24) is 19.7 Å². The van der Waals surface area contributed by atoms with Crippen LogP contribution < -0.4 is 9.47 Å². The number of ether oxygens (including phenoxy) is 2. The van der Waals surface area contributed by atoms with Crippen molar-refractivity contribution in [3.8, 4) is 28.8 Å². The maximum atomic E-state index is 12.9. The number of aromatic nitrogens is 4. The van der Waals surface area contributed by atoms with Gasteiger partial charge in [-0.1, -0.05) is 51.9 Å². The minimum Gasteiger partial charge on any atom is -0.494 e. The van der Waals surface area contributed by atoms with E-state index >= 15 is 0 Å². The highest BCUT2D eigenvalue weighted by atomic mass is 19.4. The van der Waals surface area contributed by atoms with E-state index in [1.54, 1.807) is 6.07 Å². The van der Waals surface area contributed by atoms with Crippen LogP contribution in [0.2, 0.25) is 0 Å². The van der Waals surface area contributed by atoms with E-state index in [2.05, 4.69) is 22.0 Å². The molecule has 2 heterocycles. The summed E-state index contributed by atoms with van der Waals surface area (Å²) in [5, 5.41) is 3.54. The molecular formula is C25H31F3N4O2. The van der Waals surface area contributed by atoms with E-state index in [1.807, 2.05) is 24.3 Å². The zero-order chi connectivity index (χ0) is 24.4. The molecule has 34 heavy (non-hydrogen) atoms. The summed E-state index contributed by atoms with van der Waals surface area (Å²) < 4.78 is 50.7. The summed E-state index contributed by atoms with van der Waals surface area (Å²) in [7, 11) is 1.43. The first kappa shape index (κ1) is 25.5. The fourth-order valence-electron chi connectivity index (χ4n) is 3.50. The Kier molecular flexibility index (Phi) is 9.30. The molecule has 3 rings (SSSR count). The van der Waals surface area contributed by atoms with Gasteiger partial charge in [0, 0.05) is 17.8 Å². The van der Waals surface area contributed by atoms with E-state index in [-0.39, 0.29) is 11.8 Å². The Morgan fingerprint density at radius 2 is 1.56 bits per heavy atom. The molecule has 0 unspecified atom stereocenters. The Bertz CT molecular complexity index is 1020. The van der Waals surface area contributed by atoms with E-state index in [1.165, 1.54) is 51.8 Å². The fraction of sp³-hybridized carbons (Fsp3) is 0.480. The number of hydrogen-bond donors (Lipinski definition) is 0. The molecule has 3 aromatic rings. The van der Waals surface area contributed by atoms with Gasteiger partial charge in [-0.3, -0.25) is 0 Å². The molecule has 0 radical (unpaired) electrons. The van der Waals surface area contributed by atoms with Gasteiger partial charge in [0.1, 0.15) is 5.75 Å². The quantitative estimate of drug-likeness (QED) is 0.252. The van der Waals surface area contributed by atoms with Crippen molar-refractivity contribution in [3.05, 3.63) is 48.3 Å². The Morgan fingerprint density at radius 3 is 2.18 bits per heavy atom. The molecule has 0 saturated heterocycles. The molecule has 0 saturated carbocycles. The Morgan fingerprint density at radius 1 is 0.882 bits per heavy atom. The molecule has 0 spiro atoms. The fourth-order valence-corrected chi connectivity index (χ4v) is 3.50. The number of halogens is 3. The zero-order valence-electron chi connectivity index (χ0n) is 19.6. The van der Waals surface area contributed by atoms with Gasteiger partial charge < -0.3 is 9.47 Å².